The van der Waals surface area contributed by atoms with E-state index in [0.29, 0.717) is 0 Å². The van der Waals surface area contributed by atoms with Gasteiger partial charge in [-0.15, -0.1) is 0 Å². The van der Waals surface area contributed by atoms with E-state index in [1.165, 1.54) is 12.1 Å². The van der Waals surface area contributed by atoms with Crippen molar-refractivity contribution in [1.29, 1.82) is 0 Å². The van der Waals surface area contributed by atoms with Crippen molar-refractivity contribution in [2.24, 2.45) is 0 Å². The summed E-state index contributed by atoms with van der Waals surface area (Å²) >= 11 is 0. The predicted octanol–water partition coefficient (Wildman–Crippen LogP) is 1.37. The zero-order valence-corrected chi connectivity index (χ0v) is 11.2. The monoisotopic (exact) mass is 293 g/mol. The Balaban J connectivity index is 1.98. The Labute approximate surface area is 120 Å². The van der Waals surface area contributed by atoms with Crippen molar-refractivity contribution in [2.75, 3.05) is 11.9 Å². The first-order valence-electron chi connectivity index (χ1n) is 6.52. The first-order chi connectivity index (χ1) is 9.97. The van der Waals surface area contributed by atoms with Crippen molar-refractivity contribution >= 4 is 23.3 Å². The number of carboxylic acid groups (broad SMARTS) is 1. The number of aromatic carboxylic acids is 1. The molecule has 8 nitrogen and oxygen atoms in total. The first kappa shape index (κ1) is 14.8. The van der Waals surface area contributed by atoms with Crippen LogP contribution in [0.1, 0.15) is 29.6 Å². The maximum absolute atomic E-state index is 11.5. The van der Waals surface area contributed by atoms with Crippen LogP contribution < -0.4 is 10.6 Å². The number of carbonyl (C=O) groups excluding carboxylic acids is 1. The molecule has 0 aromatic heterocycles. The number of carbonyl (C=O) groups is 2. The fourth-order valence-corrected chi connectivity index (χ4v) is 1.81. The van der Waals surface area contributed by atoms with Crippen LogP contribution in [-0.2, 0) is 4.79 Å². The van der Waals surface area contributed by atoms with E-state index in [1.807, 2.05) is 0 Å². The minimum absolute atomic E-state index is 0.0504. The molecule has 1 amide bonds. The highest BCUT2D eigenvalue weighted by Gasteiger charge is 2.23. The lowest BCUT2D eigenvalue weighted by atomic mass is 10.1. The van der Waals surface area contributed by atoms with Gasteiger partial charge >= 0.3 is 5.97 Å². The highest BCUT2D eigenvalue weighted by Crippen LogP contribution is 2.25. The van der Waals surface area contributed by atoms with E-state index in [-0.39, 0.29) is 41.9 Å². The van der Waals surface area contributed by atoms with Crippen LogP contribution in [0.25, 0.3) is 0 Å². The van der Waals surface area contributed by atoms with Crippen molar-refractivity contribution < 1.29 is 19.6 Å². The highest BCUT2D eigenvalue weighted by atomic mass is 16.6. The molecule has 0 aliphatic heterocycles. The van der Waals surface area contributed by atoms with Gasteiger partial charge in [0.05, 0.1) is 10.5 Å². The summed E-state index contributed by atoms with van der Waals surface area (Å²) < 4.78 is 0. The summed E-state index contributed by atoms with van der Waals surface area (Å²) in [7, 11) is 0. The molecular formula is C13H15N3O5. The second kappa shape index (κ2) is 6.21. The molecule has 0 saturated heterocycles. The molecule has 1 fully saturated rings. The third kappa shape index (κ3) is 4.16. The molecule has 0 spiro atoms. The lowest BCUT2D eigenvalue weighted by Gasteiger charge is -2.08. The third-order valence-corrected chi connectivity index (χ3v) is 3.05. The topological polar surface area (TPSA) is 122 Å². The summed E-state index contributed by atoms with van der Waals surface area (Å²) in [4.78, 5) is 32.7. The van der Waals surface area contributed by atoms with Crippen LogP contribution in [0.3, 0.4) is 0 Å². The van der Waals surface area contributed by atoms with Gasteiger partial charge in [0.25, 0.3) is 5.69 Å². The molecule has 0 unspecified atom stereocenters. The zero-order chi connectivity index (χ0) is 15.4. The van der Waals surface area contributed by atoms with Crippen molar-refractivity contribution in [3.63, 3.8) is 0 Å². The minimum Gasteiger partial charge on any atom is -0.478 e. The molecule has 1 aromatic rings. The lowest BCUT2D eigenvalue weighted by Crippen LogP contribution is -2.27. The molecule has 0 bridgehead atoms. The average molecular weight is 293 g/mol. The largest absolute Gasteiger partial charge is 0.478 e. The number of hydrogen-bond donors (Lipinski definition) is 3. The quantitative estimate of drug-likeness (QED) is 0.515. The van der Waals surface area contributed by atoms with E-state index in [9.17, 15) is 19.7 Å². The number of rotatable bonds is 7. The summed E-state index contributed by atoms with van der Waals surface area (Å²) in [5.41, 5.74) is -0.174. The van der Waals surface area contributed by atoms with Gasteiger partial charge in [0, 0.05) is 25.1 Å². The number of carboxylic acids is 1. The van der Waals surface area contributed by atoms with E-state index < -0.39 is 10.9 Å². The number of hydrogen-bond acceptors (Lipinski definition) is 5. The lowest BCUT2D eigenvalue weighted by molar-refractivity contribution is -0.384. The number of benzene rings is 1. The van der Waals surface area contributed by atoms with Gasteiger partial charge in [-0.1, -0.05) is 0 Å². The van der Waals surface area contributed by atoms with Gasteiger partial charge in [-0.05, 0) is 25.0 Å². The van der Waals surface area contributed by atoms with Crippen LogP contribution >= 0.6 is 0 Å². The molecule has 0 radical (unpaired) electrons. The molecule has 3 N–H and O–H groups in total. The molecule has 112 valence electrons. The van der Waals surface area contributed by atoms with Crippen molar-refractivity contribution in [2.45, 2.75) is 25.3 Å². The van der Waals surface area contributed by atoms with E-state index in [2.05, 4.69) is 10.6 Å². The van der Waals surface area contributed by atoms with Crippen LogP contribution in [0.15, 0.2) is 18.2 Å². The predicted molar refractivity (Wildman–Crippen MR) is 74.3 cm³/mol. The van der Waals surface area contributed by atoms with E-state index >= 15 is 0 Å². The van der Waals surface area contributed by atoms with E-state index in [1.54, 1.807) is 0 Å². The molecule has 21 heavy (non-hydrogen) atoms. The molecule has 2 rings (SSSR count). The van der Waals surface area contributed by atoms with E-state index in [0.717, 1.165) is 18.9 Å². The fraction of sp³-hybridized carbons (Fsp3) is 0.385. The van der Waals surface area contributed by atoms with Gasteiger partial charge in [-0.3, -0.25) is 14.9 Å². The van der Waals surface area contributed by atoms with Crippen LogP contribution in [-0.4, -0.2) is 34.5 Å². The molecule has 1 aliphatic rings. The van der Waals surface area contributed by atoms with Gasteiger partial charge < -0.3 is 15.7 Å². The van der Waals surface area contributed by atoms with E-state index in [4.69, 9.17) is 5.11 Å². The Kier molecular flexibility index (Phi) is 4.36. The van der Waals surface area contributed by atoms with Gasteiger partial charge in [0.15, 0.2) is 0 Å². The number of nitrogens with zero attached hydrogens (tertiary/aromatic N) is 1. The van der Waals surface area contributed by atoms with Crippen molar-refractivity contribution in [3.8, 4) is 0 Å². The molecule has 1 aromatic carbocycles. The molecule has 0 heterocycles. The molecule has 8 heteroatoms. The molecule has 1 saturated carbocycles. The van der Waals surface area contributed by atoms with Crippen LogP contribution in [0, 0.1) is 10.1 Å². The van der Waals surface area contributed by atoms with Gasteiger partial charge in [-0.2, -0.15) is 0 Å². The maximum Gasteiger partial charge on any atom is 0.335 e. The fourth-order valence-electron chi connectivity index (χ4n) is 1.81. The summed E-state index contributed by atoms with van der Waals surface area (Å²) in [6.07, 6.45) is 2.15. The Morgan fingerprint density at radius 1 is 1.38 bits per heavy atom. The summed E-state index contributed by atoms with van der Waals surface area (Å²) in [5.74, 6) is -1.29. The molecular weight excluding hydrogens is 278 g/mol. The van der Waals surface area contributed by atoms with Gasteiger partial charge in [0.2, 0.25) is 5.91 Å². The molecule has 1 aliphatic carbocycles. The smallest absolute Gasteiger partial charge is 0.335 e. The second-order valence-electron chi connectivity index (χ2n) is 4.81. The number of nitro benzene ring substituents is 1. The minimum atomic E-state index is -1.17. The zero-order valence-electron chi connectivity index (χ0n) is 11.2. The Bertz CT molecular complexity index is 583. The summed E-state index contributed by atoms with van der Waals surface area (Å²) in [6, 6.07) is 3.77. The average Bonchev–Trinajstić information content (AvgIpc) is 3.22. The van der Waals surface area contributed by atoms with Crippen molar-refractivity contribution in [3.05, 3.63) is 33.9 Å². The van der Waals surface area contributed by atoms with Crippen molar-refractivity contribution in [1.82, 2.24) is 5.32 Å². The second-order valence-corrected chi connectivity index (χ2v) is 4.81. The normalized spacial score (nSPS) is 13.5. The van der Waals surface area contributed by atoms with Crippen LogP contribution in [0.2, 0.25) is 0 Å². The van der Waals surface area contributed by atoms with Crippen LogP contribution in [0.4, 0.5) is 11.4 Å². The third-order valence-electron chi connectivity index (χ3n) is 3.05. The Morgan fingerprint density at radius 3 is 2.67 bits per heavy atom. The van der Waals surface area contributed by atoms with Gasteiger partial charge in [-0.25, -0.2) is 4.79 Å². The first-order valence-corrected chi connectivity index (χ1v) is 6.52. The summed E-state index contributed by atoms with van der Waals surface area (Å²) in [5, 5.41) is 25.3. The standard InChI is InChI=1S/C13H15N3O5/c17-12(15-9-2-3-9)5-6-14-10-7-8(13(18)19)1-4-11(10)16(20)21/h1,4,7,9,14H,2-3,5-6H2,(H,15,17)(H,18,19). The molecule has 0 atom stereocenters. The summed E-state index contributed by atoms with van der Waals surface area (Å²) in [6.45, 7) is 0.197. The van der Waals surface area contributed by atoms with Crippen LogP contribution in [0.5, 0.6) is 0 Å². The number of nitrogens with one attached hydrogen (secondary N) is 2. The number of anilines is 1. The van der Waals surface area contributed by atoms with Gasteiger partial charge in [0.1, 0.15) is 5.69 Å². The Hall–Kier alpha value is -2.64. The Morgan fingerprint density at radius 2 is 2.10 bits per heavy atom. The number of nitro groups is 1. The highest BCUT2D eigenvalue weighted by molar-refractivity contribution is 5.90. The maximum atomic E-state index is 11.5. The SMILES string of the molecule is O=C(CCNc1cc(C(=O)O)ccc1[N+](=O)[O-])NC1CC1. The number of amides is 1.